The minimum atomic E-state index is -3.64. The lowest BCUT2D eigenvalue weighted by Gasteiger charge is -2.34. The van der Waals surface area contributed by atoms with Gasteiger partial charge in [-0.1, -0.05) is 20.8 Å². The number of aromatic nitrogens is 3. The van der Waals surface area contributed by atoms with Crippen molar-refractivity contribution in [1.29, 1.82) is 0 Å². The van der Waals surface area contributed by atoms with Gasteiger partial charge < -0.3 is 10.0 Å². The summed E-state index contributed by atoms with van der Waals surface area (Å²) in [4.78, 5) is 26.4. The third kappa shape index (κ3) is 5.61. The van der Waals surface area contributed by atoms with Crippen molar-refractivity contribution in [3.63, 3.8) is 0 Å². The van der Waals surface area contributed by atoms with Crippen LogP contribution in [0, 0.1) is 5.41 Å². The molecule has 0 saturated carbocycles. The van der Waals surface area contributed by atoms with Crippen LogP contribution < -0.4 is 9.62 Å². The molecule has 11 nitrogen and oxygen atoms in total. The summed E-state index contributed by atoms with van der Waals surface area (Å²) in [6.45, 7) is 8.58. The van der Waals surface area contributed by atoms with Crippen LogP contribution in [0.5, 0.6) is 0 Å². The molecule has 0 atom stereocenters. The standard InChI is InChI=1S/C34H41N7O4S/c1-34(2,3)30-28(32-36-31(38-41(32)37-30)20-17-21(33(42)43)19-22(18-20)39-46(4,44)45)35-27-23-11-5-7-13-25(23)29(40-15-9-10-16-40)26-14-8-6-12-24(26)27/h17-19,39H,5-16H2,1-4H3,(H,42,43). The van der Waals surface area contributed by atoms with Gasteiger partial charge in [0.1, 0.15) is 5.71 Å². The van der Waals surface area contributed by atoms with Gasteiger partial charge in [0.2, 0.25) is 15.8 Å². The average Bonchev–Trinajstić information content (AvgIpc) is 3.74. The van der Waals surface area contributed by atoms with Crippen LogP contribution in [0.2, 0.25) is 0 Å². The number of fused-ring (bicyclic) bond motifs is 3. The number of hydrogen-bond acceptors (Lipinski definition) is 8. The van der Waals surface area contributed by atoms with Crippen molar-refractivity contribution in [1.82, 2.24) is 14.9 Å². The second-order valence-corrected chi connectivity index (χ2v) is 15.8. The minimum absolute atomic E-state index is 0.0808. The molecule has 7 rings (SSSR count). The summed E-state index contributed by atoms with van der Waals surface area (Å²) in [7, 11) is -3.64. The Balaban J connectivity index is 1.41. The van der Waals surface area contributed by atoms with Crippen LogP contribution in [0.1, 0.15) is 97.7 Å². The van der Waals surface area contributed by atoms with Crippen LogP contribution >= 0.6 is 0 Å². The lowest BCUT2D eigenvalue weighted by Crippen LogP contribution is -2.28. The van der Waals surface area contributed by atoms with Crippen molar-refractivity contribution >= 4 is 44.5 Å². The molecular weight excluding hydrogens is 602 g/mol. The quantitative estimate of drug-likeness (QED) is 0.348. The lowest BCUT2D eigenvalue weighted by molar-refractivity contribution is 0.0697. The van der Waals surface area contributed by atoms with Gasteiger partial charge in [-0.25, -0.2) is 23.2 Å². The number of carbonyl (C=O) groups is 1. The number of nitrogens with one attached hydrogen (secondary N) is 1. The Morgan fingerprint density at radius 1 is 0.913 bits per heavy atom. The molecule has 4 aliphatic rings. The highest BCUT2D eigenvalue weighted by Gasteiger charge is 2.37. The maximum Gasteiger partial charge on any atom is 0.335 e. The zero-order valence-electron chi connectivity index (χ0n) is 27.0. The van der Waals surface area contributed by atoms with Crippen molar-refractivity contribution in [2.75, 3.05) is 29.0 Å². The minimum Gasteiger partial charge on any atom is -0.478 e. The Kier molecular flexibility index (Phi) is 7.53. The lowest BCUT2D eigenvalue weighted by atomic mass is 9.79. The molecule has 2 aliphatic heterocycles. The molecule has 3 aromatic rings. The Labute approximate surface area is 269 Å². The summed E-state index contributed by atoms with van der Waals surface area (Å²) < 4.78 is 26.3. The second-order valence-electron chi connectivity index (χ2n) is 14.0. The molecule has 242 valence electrons. The summed E-state index contributed by atoms with van der Waals surface area (Å²) in [5.74, 6) is -0.448. The van der Waals surface area contributed by atoms with Gasteiger partial charge in [-0.05, 0) is 105 Å². The molecule has 1 saturated heterocycles. The number of rotatable bonds is 6. The summed E-state index contributed by atoms with van der Waals surface area (Å²) in [5, 5.41) is 19.3. The van der Waals surface area contributed by atoms with Gasteiger partial charge in [0.05, 0.1) is 28.9 Å². The zero-order chi connectivity index (χ0) is 32.4. The predicted octanol–water partition coefficient (Wildman–Crippen LogP) is 5.76. The topological polar surface area (TPSA) is 142 Å². The number of carboxylic acids is 1. The van der Waals surface area contributed by atoms with Crippen molar-refractivity contribution in [3.05, 3.63) is 51.8 Å². The Morgan fingerprint density at radius 3 is 2.09 bits per heavy atom. The smallest absolute Gasteiger partial charge is 0.335 e. The maximum atomic E-state index is 12.0. The number of nitrogens with zero attached hydrogens (tertiary/aromatic N) is 6. The van der Waals surface area contributed by atoms with Crippen LogP contribution in [0.3, 0.4) is 0 Å². The predicted molar refractivity (Wildman–Crippen MR) is 181 cm³/mol. The Bertz CT molecular complexity index is 1890. The molecule has 2 aliphatic carbocycles. The first-order valence-electron chi connectivity index (χ1n) is 16.3. The van der Waals surface area contributed by atoms with E-state index < -0.39 is 16.0 Å². The number of hydrogen-bond donors (Lipinski definition) is 2. The summed E-state index contributed by atoms with van der Waals surface area (Å²) in [6.07, 6.45) is 12.4. The van der Waals surface area contributed by atoms with Crippen LogP contribution in [0.25, 0.3) is 11.4 Å². The van der Waals surface area contributed by atoms with Crippen molar-refractivity contribution in [2.24, 2.45) is 15.5 Å². The maximum absolute atomic E-state index is 12.0. The zero-order valence-corrected chi connectivity index (χ0v) is 27.8. The van der Waals surface area contributed by atoms with E-state index in [0.717, 1.165) is 69.3 Å². The van der Waals surface area contributed by atoms with Gasteiger partial charge in [0, 0.05) is 29.8 Å². The van der Waals surface area contributed by atoms with Gasteiger partial charge >= 0.3 is 5.97 Å². The third-order valence-corrected chi connectivity index (χ3v) is 10.0. The fourth-order valence-corrected chi connectivity index (χ4v) is 7.99. The van der Waals surface area contributed by atoms with Crippen molar-refractivity contribution in [3.8, 4) is 11.4 Å². The number of sulfonamides is 1. The van der Waals surface area contributed by atoms with Crippen LogP contribution in [0.15, 0.2) is 28.3 Å². The Morgan fingerprint density at radius 2 is 1.52 bits per heavy atom. The van der Waals surface area contributed by atoms with Crippen molar-refractivity contribution in [2.45, 2.75) is 85.0 Å². The van der Waals surface area contributed by atoms with E-state index in [0.29, 0.717) is 17.1 Å². The first-order valence-corrected chi connectivity index (χ1v) is 18.2. The summed E-state index contributed by atoms with van der Waals surface area (Å²) in [5.41, 5.74) is 9.86. The highest BCUT2D eigenvalue weighted by atomic mass is 32.2. The molecule has 1 fully saturated rings. The Hall–Kier alpha value is -4.06. The van der Waals surface area contributed by atoms with Gasteiger partial charge in [-0.2, -0.15) is 5.10 Å². The largest absolute Gasteiger partial charge is 0.478 e. The van der Waals surface area contributed by atoms with Crippen LogP contribution in [-0.2, 0) is 35.7 Å². The monoisotopic (exact) mass is 643 g/mol. The number of aliphatic imine (C=N–C) groups is 1. The first-order chi connectivity index (χ1) is 21.9. The van der Waals surface area contributed by atoms with E-state index >= 15 is 0 Å². The molecule has 0 radical (unpaired) electrons. The third-order valence-electron chi connectivity index (χ3n) is 9.40. The fourth-order valence-electron chi connectivity index (χ4n) is 7.44. The van der Waals surface area contributed by atoms with Crippen LogP contribution in [0.4, 0.5) is 17.1 Å². The van der Waals surface area contributed by atoms with E-state index in [4.69, 9.17) is 15.1 Å². The molecule has 12 heteroatoms. The van der Waals surface area contributed by atoms with E-state index in [1.807, 2.05) is 0 Å². The summed E-state index contributed by atoms with van der Waals surface area (Å²) in [6, 6.07) is 4.25. The van der Waals surface area contributed by atoms with E-state index in [1.54, 1.807) is 0 Å². The molecule has 0 amide bonds. The van der Waals surface area contributed by atoms with Crippen LogP contribution in [-0.4, -0.2) is 65.1 Å². The molecule has 1 aromatic heterocycles. The fraction of sp³-hybridized carbons (Fsp3) is 0.500. The van der Waals surface area contributed by atoms with Gasteiger partial charge in [-0.3, -0.25) is 4.72 Å². The first kappa shape index (κ1) is 30.6. The molecule has 2 N–H and O–H groups in total. The van der Waals surface area contributed by atoms with Crippen molar-refractivity contribution < 1.29 is 18.3 Å². The average molecular weight is 644 g/mol. The normalized spacial score (nSPS) is 18.7. The van der Waals surface area contributed by atoms with E-state index in [1.165, 1.54) is 76.6 Å². The van der Waals surface area contributed by atoms with E-state index in [-0.39, 0.29) is 22.5 Å². The van der Waals surface area contributed by atoms with Gasteiger partial charge in [0.15, 0.2) is 5.82 Å². The molecule has 3 heterocycles. The molecule has 0 unspecified atom stereocenters. The molecule has 2 aromatic carbocycles. The van der Waals surface area contributed by atoms with Gasteiger partial charge in [0.25, 0.3) is 0 Å². The highest BCUT2D eigenvalue weighted by molar-refractivity contribution is 7.92. The SMILES string of the molecule is CC(C)(C)C1=Nn2nc(-c3cc(NS(C)(=O)=O)cc(C(=O)O)c3)nc2C1=Nc1c2c(c(N3CCCC3)c3c1CCCC3)CCCC2. The molecular formula is C34H41N7O4S. The highest BCUT2D eigenvalue weighted by Crippen LogP contribution is 2.47. The second kappa shape index (κ2) is 11.3. The van der Waals surface area contributed by atoms with E-state index in [2.05, 4.69) is 35.5 Å². The number of anilines is 2. The van der Waals surface area contributed by atoms with E-state index in [9.17, 15) is 18.3 Å². The number of aromatic carboxylic acids is 1. The molecule has 0 spiro atoms. The summed E-state index contributed by atoms with van der Waals surface area (Å²) >= 11 is 0. The van der Waals surface area contributed by atoms with Gasteiger partial charge in [-0.15, -0.1) is 9.89 Å². The molecule has 0 bridgehead atoms. The number of benzene rings is 2. The number of carboxylic acid groups (broad SMARTS) is 1. The molecule has 46 heavy (non-hydrogen) atoms.